The largest absolute Gasteiger partial charge is 0.385 e. The summed E-state index contributed by atoms with van der Waals surface area (Å²) in [5, 5.41) is 3.65. The van der Waals surface area contributed by atoms with Crippen LogP contribution in [0.15, 0.2) is 18.2 Å². The monoisotopic (exact) mass is 245 g/mol. The predicted molar refractivity (Wildman–Crippen MR) is 73.9 cm³/mol. The molecular formula is C16H23NO. The quantitative estimate of drug-likeness (QED) is 0.822. The number of benzene rings is 1. The summed E-state index contributed by atoms with van der Waals surface area (Å²) >= 11 is 0. The fourth-order valence-corrected chi connectivity index (χ4v) is 3.59. The van der Waals surface area contributed by atoms with Crippen LogP contribution in [0.4, 0.5) is 0 Å². The normalized spacial score (nSPS) is 25.8. The second-order valence-corrected chi connectivity index (χ2v) is 5.67. The molecule has 3 rings (SSSR count). The average Bonchev–Trinajstić information content (AvgIpc) is 2.84. The molecular weight excluding hydrogens is 222 g/mol. The fraction of sp³-hybridized carbons (Fsp3) is 0.625. The van der Waals surface area contributed by atoms with Crippen LogP contribution in [0.1, 0.15) is 29.5 Å². The number of hydrogen-bond acceptors (Lipinski definition) is 2. The Labute approximate surface area is 110 Å². The highest BCUT2D eigenvalue weighted by atomic mass is 16.5. The number of ether oxygens (including phenoxy) is 1. The lowest BCUT2D eigenvalue weighted by Crippen LogP contribution is -2.34. The van der Waals surface area contributed by atoms with E-state index in [0.29, 0.717) is 0 Å². The number of hydrogen-bond donors (Lipinski definition) is 1. The molecule has 0 spiro atoms. The van der Waals surface area contributed by atoms with Gasteiger partial charge in [-0.25, -0.2) is 0 Å². The van der Waals surface area contributed by atoms with Crippen LogP contribution in [-0.4, -0.2) is 26.3 Å². The van der Waals surface area contributed by atoms with Gasteiger partial charge < -0.3 is 10.1 Å². The molecule has 0 unspecified atom stereocenters. The predicted octanol–water partition coefficient (Wildman–Crippen LogP) is 2.34. The van der Waals surface area contributed by atoms with Gasteiger partial charge in [-0.1, -0.05) is 18.2 Å². The van der Waals surface area contributed by atoms with E-state index in [9.17, 15) is 0 Å². The molecule has 0 aromatic heterocycles. The Bertz CT molecular complexity index is 416. The van der Waals surface area contributed by atoms with Gasteiger partial charge in [-0.15, -0.1) is 0 Å². The highest BCUT2D eigenvalue weighted by Crippen LogP contribution is 2.33. The van der Waals surface area contributed by atoms with Crippen molar-refractivity contribution in [3.63, 3.8) is 0 Å². The summed E-state index contributed by atoms with van der Waals surface area (Å²) in [5.41, 5.74) is 4.80. The Balaban J connectivity index is 1.78. The van der Waals surface area contributed by atoms with Crippen molar-refractivity contribution in [2.24, 2.45) is 5.92 Å². The number of rotatable bonds is 4. The van der Waals surface area contributed by atoms with E-state index in [2.05, 4.69) is 23.5 Å². The molecule has 1 aromatic carbocycles. The highest BCUT2D eigenvalue weighted by molar-refractivity contribution is 5.39. The second kappa shape index (κ2) is 5.41. The molecule has 18 heavy (non-hydrogen) atoms. The molecule has 1 heterocycles. The maximum absolute atomic E-state index is 5.17. The van der Waals surface area contributed by atoms with Crippen molar-refractivity contribution in [3.05, 3.63) is 34.9 Å². The zero-order chi connectivity index (χ0) is 12.4. The van der Waals surface area contributed by atoms with Gasteiger partial charge in [-0.3, -0.25) is 0 Å². The fourth-order valence-electron chi connectivity index (χ4n) is 3.59. The SMILES string of the molecule is COCCCc1cccc2c1C[C@@H]1CCN[C@@H]1C2. The zero-order valence-electron chi connectivity index (χ0n) is 11.2. The van der Waals surface area contributed by atoms with Gasteiger partial charge in [0.05, 0.1) is 0 Å². The number of methoxy groups -OCH3 is 1. The van der Waals surface area contributed by atoms with Crippen LogP contribution in [0.2, 0.25) is 0 Å². The molecule has 2 aliphatic rings. The molecule has 98 valence electrons. The van der Waals surface area contributed by atoms with E-state index in [1.807, 2.05) is 0 Å². The number of aryl methyl sites for hydroxylation is 1. The molecule has 0 saturated carbocycles. The lowest BCUT2D eigenvalue weighted by atomic mass is 9.78. The van der Waals surface area contributed by atoms with Gasteiger partial charge in [0.25, 0.3) is 0 Å². The van der Waals surface area contributed by atoms with Crippen LogP contribution in [0, 0.1) is 5.92 Å². The van der Waals surface area contributed by atoms with Gasteiger partial charge in [-0.05, 0) is 61.3 Å². The maximum atomic E-state index is 5.17. The Morgan fingerprint density at radius 3 is 3.17 bits per heavy atom. The highest BCUT2D eigenvalue weighted by Gasteiger charge is 2.32. The van der Waals surface area contributed by atoms with Crippen molar-refractivity contribution in [1.82, 2.24) is 5.32 Å². The molecule has 1 fully saturated rings. The first-order valence-corrected chi connectivity index (χ1v) is 7.20. The number of fused-ring (bicyclic) bond motifs is 2. The van der Waals surface area contributed by atoms with Crippen LogP contribution in [0.25, 0.3) is 0 Å². The molecule has 1 aliphatic carbocycles. The van der Waals surface area contributed by atoms with Crippen molar-refractivity contribution < 1.29 is 4.74 Å². The third-order valence-corrected chi connectivity index (χ3v) is 4.56. The molecule has 2 nitrogen and oxygen atoms in total. The molecule has 1 saturated heterocycles. The molecule has 2 atom stereocenters. The van der Waals surface area contributed by atoms with Crippen molar-refractivity contribution in [3.8, 4) is 0 Å². The third-order valence-electron chi connectivity index (χ3n) is 4.56. The van der Waals surface area contributed by atoms with Gasteiger partial charge in [0.15, 0.2) is 0 Å². The van der Waals surface area contributed by atoms with E-state index in [1.165, 1.54) is 32.2 Å². The minimum atomic E-state index is 0.742. The molecule has 1 aromatic rings. The van der Waals surface area contributed by atoms with Crippen LogP contribution in [-0.2, 0) is 24.0 Å². The smallest absolute Gasteiger partial charge is 0.0465 e. The summed E-state index contributed by atoms with van der Waals surface area (Å²) in [5.74, 6) is 0.876. The Morgan fingerprint density at radius 1 is 1.33 bits per heavy atom. The van der Waals surface area contributed by atoms with Gasteiger partial charge in [0, 0.05) is 19.8 Å². The topological polar surface area (TPSA) is 21.3 Å². The van der Waals surface area contributed by atoms with Gasteiger partial charge >= 0.3 is 0 Å². The van der Waals surface area contributed by atoms with Crippen LogP contribution >= 0.6 is 0 Å². The van der Waals surface area contributed by atoms with E-state index >= 15 is 0 Å². The molecule has 0 radical (unpaired) electrons. The lowest BCUT2D eigenvalue weighted by molar-refractivity contribution is 0.195. The van der Waals surface area contributed by atoms with Crippen molar-refractivity contribution in [2.45, 2.75) is 38.1 Å². The first-order chi connectivity index (χ1) is 8.88. The molecule has 2 heteroatoms. The minimum Gasteiger partial charge on any atom is -0.385 e. The molecule has 1 N–H and O–H groups in total. The lowest BCUT2D eigenvalue weighted by Gasteiger charge is -2.29. The molecule has 1 aliphatic heterocycles. The summed E-state index contributed by atoms with van der Waals surface area (Å²) in [6.45, 7) is 2.08. The van der Waals surface area contributed by atoms with E-state index in [1.54, 1.807) is 23.8 Å². The van der Waals surface area contributed by atoms with E-state index in [-0.39, 0.29) is 0 Å². The Morgan fingerprint density at radius 2 is 2.28 bits per heavy atom. The van der Waals surface area contributed by atoms with Crippen molar-refractivity contribution >= 4 is 0 Å². The van der Waals surface area contributed by atoms with E-state index in [4.69, 9.17) is 4.74 Å². The van der Waals surface area contributed by atoms with Gasteiger partial charge in [0.2, 0.25) is 0 Å². The van der Waals surface area contributed by atoms with Crippen molar-refractivity contribution in [2.75, 3.05) is 20.3 Å². The van der Waals surface area contributed by atoms with Crippen LogP contribution < -0.4 is 5.32 Å². The second-order valence-electron chi connectivity index (χ2n) is 5.67. The number of nitrogens with one attached hydrogen (secondary N) is 1. The third kappa shape index (κ3) is 2.32. The standard InChI is InChI=1S/C16H23NO/c1-18-9-3-6-12-4-2-5-13-11-16-14(7-8-17-16)10-15(12)13/h2,4-5,14,16-17H,3,6-11H2,1H3/t14-,16+/m0/s1. The summed E-state index contributed by atoms with van der Waals surface area (Å²) in [4.78, 5) is 0. The Hall–Kier alpha value is -0.860. The molecule has 0 bridgehead atoms. The van der Waals surface area contributed by atoms with E-state index in [0.717, 1.165) is 25.0 Å². The van der Waals surface area contributed by atoms with Gasteiger partial charge in [-0.2, -0.15) is 0 Å². The maximum Gasteiger partial charge on any atom is 0.0465 e. The van der Waals surface area contributed by atoms with E-state index < -0.39 is 0 Å². The van der Waals surface area contributed by atoms with Gasteiger partial charge in [0.1, 0.15) is 0 Å². The summed E-state index contributed by atoms with van der Waals surface area (Å²) in [6, 6.07) is 7.62. The van der Waals surface area contributed by atoms with Crippen LogP contribution in [0.5, 0.6) is 0 Å². The minimum absolute atomic E-state index is 0.742. The molecule has 0 amide bonds. The summed E-state index contributed by atoms with van der Waals surface area (Å²) in [6.07, 6.45) is 6.19. The first-order valence-electron chi connectivity index (χ1n) is 7.20. The average molecular weight is 245 g/mol. The Kier molecular flexibility index (Phi) is 3.67. The first kappa shape index (κ1) is 12.2. The zero-order valence-corrected chi connectivity index (χ0v) is 11.2. The summed E-state index contributed by atoms with van der Waals surface area (Å²) < 4.78 is 5.17. The van der Waals surface area contributed by atoms with Crippen molar-refractivity contribution in [1.29, 1.82) is 0 Å². The van der Waals surface area contributed by atoms with Crippen LogP contribution in [0.3, 0.4) is 0 Å². The summed E-state index contributed by atoms with van der Waals surface area (Å²) in [7, 11) is 1.79.